The zero-order valence-corrected chi connectivity index (χ0v) is 8.86. The van der Waals surface area contributed by atoms with Crippen molar-refractivity contribution >= 4 is 0 Å². The van der Waals surface area contributed by atoms with Gasteiger partial charge < -0.3 is 0 Å². The average Bonchev–Trinajstić information content (AvgIpc) is 2.32. The normalized spacial score (nSPS) is 11.5. The maximum Gasteiger partial charge on any atom is 0.432 e. The van der Waals surface area contributed by atoms with Crippen LogP contribution in [-0.4, -0.2) is 9.78 Å². The molecule has 0 saturated carbocycles. The Morgan fingerprint density at radius 1 is 1.06 bits per heavy atom. The number of benzene rings is 1. The lowest BCUT2D eigenvalue weighted by Gasteiger charge is -2.10. The minimum absolute atomic E-state index is 0.158. The molecule has 0 atom stereocenters. The monoisotopic (exact) mass is 256 g/mol. The van der Waals surface area contributed by atoms with Crippen molar-refractivity contribution in [2.24, 2.45) is 0 Å². The number of aromatic nitrogens is 2. The summed E-state index contributed by atoms with van der Waals surface area (Å²) in [5, 5.41) is 1.89. The minimum atomic E-state index is -4.72. The first kappa shape index (κ1) is 12.2. The number of aromatic amines is 1. The van der Waals surface area contributed by atoms with Crippen LogP contribution in [0.4, 0.5) is 13.2 Å². The SMILES string of the molecule is O=c1cc(C(F)(F)F)[nH]n(-c2ccccc2)c1=O. The fourth-order valence-corrected chi connectivity index (χ4v) is 1.41. The minimum Gasteiger partial charge on any atom is -0.286 e. The lowest BCUT2D eigenvalue weighted by atomic mass is 10.3. The van der Waals surface area contributed by atoms with Crippen molar-refractivity contribution in [3.63, 3.8) is 0 Å². The highest BCUT2D eigenvalue weighted by atomic mass is 19.4. The molecule has 1 N–H and O–H groups in total. The van der Waals surface area contributed by atoms with E-state index in [4.69, 9.17) is 0 Å². The van der Waals surface area contributed by atoms with Gasteiger partial charge in [0.1, 0.15) is 5.69 Å². The summed E-state index contributed by atoms with van der Waals surface area (Å²) in [5.74, 6) is 0. The summed E-state index contributed by atoms with van der Waals surface area (Å²) in [6.45, 7) is 0. The van der Waals surface area contributed by atoms with Gasteiger partial charge in [-0.3, -0.25) is 14.7 Å². The van der Waals surface area contributed by atoms with Gasteiger partial charge in [0.15, 0.2) is 0 Å². The smallest absolute Gasteiger partial charge is 0.286 e. The Hall–Kier alpha value is -2.31. The van der Waals surface area contributed by atoms with E-state index in [1.807, 2.05) is 5.10 Å². The quantitative estimate of drug-likeness (QED) is 0.787. The Bertz CT molecular complexity index is 671. The lowest BCUT2D eigenvalue weighted by Crippen LogP contribution is -2.36. The largest absolute Gasteiger partial charge is 0.432 e. The Morgan fingerprint density at radius 2 is 1.67 bits per heavy atom. The molecule has 0 aliphatic heterocycles. The number of hydrogen-bond acceptors (Lipinski definition) is 2. The molecule has 0 amide bonds. The molecule has 1 heterocycles. The van der Waals surface area contributed by atoms with Crippen LogP contribution < -0.4 is 11.0 Å². The van der Waals surface area contributed by atoms with E-state index in [2.05, 4.69) is 0 Å². The van der Waals surface area contributed by atoms with Crippen molar-refractivity contribution in [3.05, 3.63) is 62.7 Å². The number of nitrogens with one attached hydrogen (secondary N) is 1. The predicted molar refractivity (Wildman–Crippen MR) is 57.7 cm³/mol. The third-order valence-electron chi connectivity index (χ3n) is 2.24. The number of alkyl halides is 3. The van der Waals surface area contributed by atoms with E-state index < -0.39 is 22.9 Å². The van der Waals surface area contributed by atoms with Crippen molar-refractivity contribution in [1.82, 2.24) is 9.78 Å². The number of para-hydroxylation sites is 1. The third kappa shape index (κ3) is 2.20. The first-order chi connectivity index (χ1) is 8.39. The molecular formula is C11H7F3N2O2. The fourth-order valence-electron chi connectivity index (χ4n) is 1.41. The number of H-pyrrole nitrogens is 1. The van der Waals surface area contributed by atoms with Gasteiger partial charge in [0.2, 0.25) is 5.43 Å². The highest BCUT2D eigenvalue weighted by Gasteiger charge is 2.33. The molecule has 0 fully saturated rings. The van der Waals surface area contributed by atoms with Crippen LogP contribution in [0.3, 0.4) is 0 Å². The van der Waals surface area contributed by atoms with Gasteiger partial charge in [-0.05, 0) is 12.1 Å². The molecule has 18 heavy (non-hydrogen) atoms. The molecule has 1 aromatic carbocycles. The Kier molecular flexibility index (Phi) is 2.82. The molecule has 0 spiro atoms. The van der Waals surface area contributed by atoms with Crippen molar-refractivity contribution in [2.45, 2.75) is 6.18 Å². The van der Waals surface area contributed by atoms with Crippen molar-refractivity contribution in [2.75, 3.05) is 0 Å². The molecular weight excluding hydrogens is 249 g/mol. The van der Waals surface area contributed by atoms with E-state index in [-0.39, 0.29) is 11.8 Å². The van der Waals surface area contributed by atoms with Crippen LogP contribution in [0.5, 0.6) is 0 Å². The molecule has 4 nitrogen and oxygen atoms in total. The topological polar surface area (TPSA) is 54.9 Å². The van der Waals surface area contributed by atoms with Crippen molar-refractivity contribution in [1.29, 1.82) is 0 Å². The first-order valence-electron chi connectivity index (χ1n) is 4.88. The van der Waals surface area contributed by atoms with Crippen LogP contribution in [0, 0.1) is 0 Å². The van der Waals surface area contributed by atoms with Crippen LogP contribution in [0.1, 0.15) is 5.69 Å². The molecule has 0 unspecified atom stereocenters. The van der Waals surface area contributed by atoms with Gasteiger partial charge in [0.25, 0.3) is 0 Å². The Morgan fingerprint density at radius 3 is 2.22 bits per heavy atom. The number of hydrogen-bond donors (Lipinski definition) is 1. The third-order valence-corrected chi connectivity index (χ3v) is 2.24. The zero-order valence-electron chi connectivity index (χ0n) is 8.86. The summed E-state index contributed by atoms with van der Waals surface area (Å²) >= 11 is 0. The van der Waals surface area contributed by atoms with Gasteiger partial charge in [-0.2, -0.15) is 13.2 Å². The van der Waals surface area contributed by atoms with E-state index >= 15 is 0 Å². The second kappa shape index (κ2) is 4.17. The summed E-state index contributed by atoms with van der Waals surface area (Å²) in [6, 6.07) is 7.80. The van der Waals surface area contributed by atoms with Gasteiger partial charge in [-0.15, -0.1) is 0 Å². The van der Waals surface area contributed by atoms with Crippen LogP contribution in [0.15, 0.2) is 46.0 Å². The predicted octanol–water partition coefficient (Wildman–Crippen LogP) is 1.54. The fraction of sp³-hybridized carbons (Fsp3) is 0.0909. The summed E-state index contributed by atoms with van der Waals surface area (Å²) in [6.07, 6.45) is -4.72. The standard InChI is InChI=1S/C11H7F3N2O2/c12-11(13,14)9-6-8(17)10(18)16(15-9)7-4-2-1-3-5-7/h1-6,15H. The molecule has 1 aromatic heterocycles. The second-order valence-corrected chi connectivity index (χ2v) is 3.51. The molecule has 0 radical (unpaired) electrons. The van der Waals surface area contributed by atoms with Gasteiger partial charge >= 0.3 is 11.7 Å². The summed E-state index contributed by atoms with van der Waals surface area (Å²) in [7, 11) is 0. The highest BCUT2D eigenvalue weighted by molar-refractivity contribution is 5.30. The van der Waals surface area contributed by atoms with E-state index in [1.54, 1.807) is 18.2 Å². The average molecular weight is 256 g/mol. The molecule has 2 aromatic rings. The molecule has 0 aliphatic rings. The molecule has 7 heteroatoms. The van der Waals surface area contributed by atoms with Crippen LogP contribution >= 0.6 is 0 Å². The number of nitrogens with zero attached hydrogens (tertiary/aromatic N) is 1. The number of halogens is 3. The molecule has 0 bridgehead atoms. The Balaban J connectivity index is 2.73. The van der Waals surface area contributed by atoms with Crippen molar-refractivity contribution in [3.8, 4) is 5.69 Å². The zero-order chi connectivity index (χ0) is 13.3. The summed E-state index contributed by atoms with van der Waals surface area (Å²) in [4.78, 5) is 22.7. The van der Waals surface area contributed by atoms with Crippen LogP contribution in [-0.2, 0) is 6.18 Å². The lowest BCUT2D eigenvalue weighted by molar-refractivity contribution is -0.142. The highest BCUT2D eigenvalue weighted by Crippen LogP contribution is 2.25. The van der Waals surface area contributed by atoms with Crippen LogP contribution in [0.25, 0.3) is 5.69 Å². The number of rotatable bonds is 1. The van der Waals surface area contributed by atoms with E-state index in [0.717, 1.165) is 0 Å². The van der Waals surface area contributed by atoms with E-state index in [9.17, 15) is 22.8 Å². The second-order valence-electron chi connectivity index (χ2n) is 3.51. The maximum atomic E-state index is 12.5. The first-order valence-corrected chi connectivity index (χ1v) is 4.88. The summed E-state index contributed by atoms with van der Waals surface area (Å²) in [5.41, 5.74) is -3.39. The molecule has 2 rings (SSSR count). The Labute approximate surface area is 98.3 Å². The molecule has 94 valence electrons. The van der Waals surface area contributed by atoms with Gasteiger partial charge in [-0.25, -0.2) is 4.68 Å². The van der Waals surface area contributed by atoms with Gasteiger partial charge in [0, 0.05) is 6.07 Å². The molecule has 0 aliphatic carbocycles. The molecule has 0 saturated heterocycles. The van der Waals surface area contributed by atoms with E-state index in [1.165, 1.54) is 12.1 Å². The van der Waals surface area contributed by atoms with E-state index in [0.29, 0.717) is 4.68 Å². The maximum absolute atomic E-state index is 12.5. The van der Waals surface area contributed by atoms with Crippen molar-refractivity contribution < 1.29 is 13.2 Å². The van der Waals surface area contributed by atoms with Gasteiger partial charge in [-0.1, -0.05) is 18.2 Å². The van der Waals surface area contributed by atoms with Gasteiger partial charge in [0.05, 0.1) is 5.69 Å². The van der Waals surface area contributed by atoms with Crippen LogP contribution in [0.2, 0.25) is 0 Å². The summed E-state index contributed by atoms with van der Waals surface area (Å²) < 4.78 is 38.1.